The largest absolute Gasteiger partial charge is 0.464 e. The molecule has 1 atom stereocenters. The number of carbonyl (C=O) groups is 2. The van der Waals surface area contributed by atoms with Gasteiger partial charge in [-0.3, -0.25) is 4.79 Å². The minimum absolute atomic E-state index is 0.296. The quantitative estimate of drug-likeness (QED) is 0.739. The van der Waals surface area contributed by atoms with Crippen LogP contribution in [0.3, 0.4) is 0 Å². The van der Waals surface area contributed by atoms with Crippen LogP contribution in [0, 0.1) is 0 Å². The number of aromatic nitrogens is 1. The Labute approximate surface area is 90.5 Å². The average molecular weight is 226 g/mol. The van der Waals surface area contributed by atoms with Gasteiger partial charge in [-0.05, 0) is 6.92 Å². The van der Waals surface area contributed by atoms with Crippen molar-refractivity contribution in [1.29, 1.82) is 0 Å². The molecule has 0 radical (unpaired) electrons. The molecule has 1 amide bonds. The van der Waals surface area contributed by atoms with Gasteiger partial charge < -0.3 is 10.1 Å². The van der Waals surface area contributed by atoms with E-state index in [0.29, 0.717) is 18.7 Å². The van der Waals surface area contributed by atoms with E-state index in [4.69, 9.17) is 4.74 Å². The number of amides is 1. The lowest BCUT2D eigenvalue weighted by molar-refractivity contribution is -0.145. The Bertz CT molecular complexity index is 402. The van der Waals surface area contributed by atoms with Crippen molar-refractivity contribution in [3.05, 3.63) is 16.1 Å². The van der Waals surface area contributed by atoms with Gasteiger partial charge in [0.05, 0.1) is 12.1 Å². The van der Waals surface area contributed by atoms with Gasteiger partial charge >= 0.3 is 5.97 Å². The first kappa shape index (κ1) is 10.1. The summed E-state index contributed by atoms with van der Waals surface area (Å²) in [6.45, 7) is 2.06. The summed E-state index contributed by atoms with van der Waals surface area (Å²) in [6.07, 6.45) is 0.477. The number of nitrogens with zero attached hydrogens (tertiary/aromatic N) is 1. The van der Waals surface area contributed by atoms with Gasteiger partial charge in [-0.15, -0.1) is 11.3 Å². The summed E-state index contributed by atoms with van der Waals surface area (Å²) in [4.78, 5) is 27.7. The van der Waals surface area contributed by atoms with E-state index in [0.717, 1.165) is 4.88 Å². The molecule has 1 aromatic rings. The Kier molecular flexibility index (Phi) is 2.68. The van der Waals surface area contributed by atoms with Crippen LogP contribution in [0.5, 0.6) is 0 Å². The molecule has 1 N–H and O–H groups in total. The third kappa shape index (κ3) is 1.85. The normalized spacial score (nSPS) is 19.3. The molecule has 0 fully saturated rings. The molecule has 2 rings (SSSR count). The Hall–Kier alpha value is -1.43. The standard InChI is InChI=1S/C9H10N2O3S/c1-2-14-9(13)5-3-6-7(8(12)11-5)10-4-15-6/h4-5H,2-3H2,1H3,(H,11,12). The maximum Gasteiger partial charge on any atom is 0.329 e. The van der Waals surface area contributed by atoms with Crippen LogP contribution in [-0.2, 0) is 16.0 Å². The summed E-state index contributed by atoms with van der Waals surface area (Å²) in [5.41, 5.74) is 2.04. The third-order valence-corrected chi connectivity index (χ3v) is 2.98. The van der Waals surface area contributed by atoms with E-state index in [1.165, 1.54) is 11.3 Å². The van der Waals surface area contributed by atoms with Crippen LogP contribution in [0.4, 0.5) is 0 Å². The molecule has 80 valence electrons. The molecule has 15 heavy (non-hydrogen) atoms. The third-order valence-electron chi connectivity index (χ3n) is 2.12. The molecular weight excluding hydrogens is 216 g/mol. The van der Waals surface area contributed by atoms with E-state index in [-0.39, 0.29) is 11.9 Å². The zero-order valence-corrected chi connectivity index (χ0v) is 8.97. The molecule has 2 heterocycles. The Morgan fingerprint density at radius 3 is 3.33 bits per heavy atom. The molecule has 1 aliphatic rings. The highest BCUT2D eigenvalue weighted by Crippen LogP contribution is 2.20. The van der Waals surface area contributed by atoms with Crippen molar-refractivity contribution < 1.29 is 14.3 Å². The van der Waals surface area contributed by atoms with Gasteiger partial charge in [0.15, 0.2) is 0 Å². The van der Waals surface area contributed by atoms with Crippen LogP contribution in [0.25, 0.3) is 0 Å². The van der Waals surface area contributed by atoms with Crippen molar-refractivity contribution in [2.24, 2.45) is 0 Å². The number of fused-ring (bicyclic) bond motifs is 1. The van der Waals surface area contributed by atoms with E-state index in [9.17, 15) is 9.59 Å². The van der Waals surface area contributed by atoms with Crippen molar-refractivity contribution in [2.45, 2.75) is 19.4 Å². The lowest BCUT2D eigenvalue weighted by Gasteiger charge is -2.20. The molecule has 0 bridgehead atoms. The predicted octanol–water partition coefficient (Wildman–Crippen LogP) is 0.361. The lowest BCUT2D eigenvalue weighted by atomic mass is 10.1. The number of carbonyl (C=O) groups excluding carboxylic acids is 2. The summed E-state index contributed by atoms with van der Waals surface area (Å²) in [7, 11) is 0. The first-order chi connectivity index (χ1) is 7.22. The molecule has 0 spiro atoms. The molecule has 0 saturated carbocycles. The summed E-state index contributed by atoms with van der Waals surface area (Å²) in [6, 6.07) is -0.564. The number of thiazole rings is 1. The molecule has 6 heteroatoms. The van der Waals surface area contributed by atoms with E-state index in [1.54, 1.807) is 12.4 Å². The fourth-order valence-corrected chi connectivity index (χ4v) is 2.25. The Balaban J connectivity index is 2.16. The van der Waals surface area contributed by atoms with Crippen LogP contribution in [-0.4, -0.2) is 29.5 Å². The highest BCUT2D eigenvalue weighted by atomic mass is 32.1. The summed E-state index contributed by atoms with van der Waals surface area (Å²) in [5, 5.41) is 2.57. The molecule has 1 aromatic heterocycles. The second-order valence-corrected chi connectivity index (χ2v) is 4.05. The topological polar surface area (TPSA) is 68.3 Å². The zero-order valence-electron chi connectivity index (χ0n) is 8.15. The lowest BCUT2D eigenvalue weighted by Crippen LogP contribution is -2.46. The van der Waals surface area contributed by atoms with Gasteiger partial charge in [-0.25, -0.2) is 9.78 Å². The van der Waals surface area contributed by atoms with Crippen molar-refractivity contribution in [2.75, 3.05) is 6.61 Å². The minimum atomic E-state index is -0.564. The monoisotopic (exact) mass is 226 g/mol. The number of esters is 1. The van der Waals surface area contributed by atoms with E-state index < -0.39 is 6.04 Å². The highest BCUT2D eigenvalue weighted by Gasteiger charge is 2.31. The highest BCUT2D eigenvalue weighted by molar-refractivity contribution is 7.10. The van der Waals surface area contributed by atoms with Crippen molar-refractivity contribution >= 4 is 23.2 Å². The first-order valence-corrected chi connectivity index (χ1v) is 5.50. The minimum Gasteiger partial charge on any atom is -0.464 e. The van der Waals surface area contributed by atoms with Crippen LogP contribution in [0.15, 0.2) is 5.51 Å². The SMILES string of the molecule is CCOC(=O)C1Cc2scnc2C(=O)N1. The fraction of sp³-hybridized carbons (Fsp3) is 0.444. The molecule has 0 saturated heterocycles. The van der Waals surface area contributed by atoms with Gasteiger partial charge in [-0.2, -0.15) is 0 Å². The van der Waals surface area contributed by atoms with Crippen LogP contribution in [0.1, 0.15) is 22.3 Å². The van der Waals surface area contributed by atoms with E-state index in [1.807, 2.05) is 0 Å². The van der Waals surface area contributed by atoms with E-state index in [2.05, 4.69) is 10.3 Å². The summed E-state index contributed by atoms with van der Waals surface area (Å²) in [5.74, 6) is -0.680. The Morgan fingerprint density at radius 1 is 1.80 bits per heavy atom. The Morgan fingerprint density at radius 2 is 2.60 bits per heavy atom. The molecule has 0 aromatic carbocycles. The van der Waals surface area contributed by atoms with Crippen molar-refractivity contribution in [3.8, 4) is 0 Å². The van der Waals surface area contributed by atoms with E-state index >= 15 is 0 Å². The maximum absolute atomic E-state index is 11.5. The molecular formula is C9H10N2O3S. The number of hydrogen-bond donors (Lipinski definition) is 1. The fourth-order valence-electron chi connectivity index (χ4n) is 1.45. The second-order valence-electron chi connectivity index (χ2n) is 3.11. The molecule has 1 unspecified atom stereocenters. The molecule has 5 nitrogen and oxygen atoms in total. The average Bonchev–Trinajstić information content (AvgIpc) is 2.66. The molecule has 1 aliphatic heterocycles. The summed E-state index contributed by atoms with van der Waals surface area (Å²) >= 11 is 1.39. The number of ether oxygens (including phenoxy) is 1. The van der Waals surface area contributed by atoms with Crippen LogP contribution >= 0.6 is 11.3 Å². The number of nitrogens with one attached hydrogen (secondary N) is 1. The number of rotatable bonds is 2. The van der Waals surface area contributed by atoms with Gasteiger partial charge in [0.25, 0.3) is 5.91 Å². The number of hydrogen-bond acceptors (Lipinski definition) is 5. The predicted molar refractivity (Wildman–Crippen MR) is 53.7 cm³/mol. The van der Waals surface area contributed by atoms with Crippen molar-refractivity contribution in [1.82, 2.24) is 10.3 Å². The van der Waals surface area contributed by atoms with Crippen molar-refractivity contribution in [3.63, 3.8) is 0 Å². The van der Waals surface area contributed by atoms with Crippen LogP contribution in [0.2, 0.25) is 0 Å². The second kappa shape index (κ2) is 3.98. The summed E-state index contributed by atoms with van der Waals surface area (Å²) < 4.78 is 4.85. The van der Waals surface area contributed by atoms with Crippen LogP contribution < -0.4 is 5.32 Å². The van der Waals surface area contributed by atoms with Gasteiger partial charge in [0, 0.05) is 11.3 Å². The molecule has 0 aliphatic carbocycles. The van der Waals surface area contributed by atoms with Gasteiger partial charge in [-0.1, -0.05) is 0 Å². The van der Waals surface area contributed by atoms with Gasteiger partial charge in [0.2, 0.25) is 0 Å². The van der Waals surface area contributed by atoms with Gasteiger partial charge in [0.1, 0.15) is 11.7 Å². The smallest absolute Gasteiger partial charge is 0.329 e. The first-order valence-electron chi connectivity index (χ1n) is 4.62. The zero-order chi connectivity index (χ0) is 10.8. The maximum atomic E-state index is 11.5.